The van der Waals surface area contributed by atoms with Crippen LogP contribution in [0.15, 0.2) is 53.4 Å². The summed E-state index contributed by atoms with van der Waals surface area (Å²) in [6, 6.07) is 13.6. The van der Waals surface area contributed by atoms with E-state index in [1.165, 1.54) is 23.9 Å². The number of carbonyl (C=O) groups is 1. The second kappa shape index (κ2) is 6.40. The van der Waals surface area contributed by atoms with Gasteiger partial charge in [-0.3, -0.25) is 10.2 Å². The summed E-state index contributed by atoms with van der Waals surface area (Å²) in [5.74, 6) is 4.36. The van der Waals surface area contributed by atoms with Crippen molar-refractivity contribution in [2.24, 2.45) is 5.84 Å². The quantitative estimate of drug-likeness (QED) is 0.265. The number of amides is 1. The number of halogens is 1. The van der Waals surface area contributed by atoms with Gasteiger partial charge >= 0.3 is 0 Å². The molecule has 6 heteroatoms. The number of nitrogens with one attached hydrogen (secondary N) is 1. The molecular weight excluding hydrogens is 277 g/mol. The summed E-state index contributed by atoms with van der Waals surface area (Å²) in [6.07, 6.45) is 0. The molecule has 4 nitrogen and oxygen atoms in total. The molecule has 0 spiro atoms. The van der Waals surface area contributed by atoms with E-state index in [4.69, 9.17) is 11.6 Å². The highest BCUT2D eigenvalue weighted by molar-refractivity contribution is 8.00. The lowest BCUT2D eigenvalue weighted by Crippen LogP contribution is -2.33. The fraction of sp³-hybridized carbons (Fsp3) is 0.0714. The van der Waals surface area contributed by atoms with Crippen LogP contribution in [0, 0.1) is 5.82 Å². The van der Waals surface area contributed by atoms with E-state index in [9.17, 15) is 9.18 Å². The predicted octanol–water partition coefficient (Wildman–Crippen LogP) is 2.23. The topological polar surface area (TPSA) is 81.1 Å². The molecule has 1 unspecified atom stereocenters. The number of thioether (sulfide) groups is 1. The maximum absolute atomic E-state index is 13.5. The predicted molar refractivity (Wildman–Crippen MR) is 78.2 cm³/mol. The van der Waals surface area contributed by atoms with Crippen molar-refractivity contribution < 1.29 is 9.18 Å². The summed E-state index contributed by atoms with van der Waals surface area (Å²) < 4.78 is 13.5. The maximum atomic E-state index is 13.5. The molecule has 2 aromatic carbocycles. The molecule has 0 aliphatic carbocycles. The van der Waals surface area contributed by atoms with Crippen molar-refractivity contribution in [2.75, 3.05) is 5.73 Å². The summed E-state index contributed by atoms with van der Waals surface area (Å²) in [6.45, 7) is 0. The van der Waals surface area contributed by atoms with Crippen LogP contribution in [0.25, 0.3) is 0 Å². The lowest BCUT2D eigenvalue weighted by Gasteiger charge is -2.15. The zero-order valence-electron chi connectivity index (χ0n) is 10.5. The fourth-order valence-corrected chi connectivity index (χ4v) is 2.75. The number of hydrogen-bond acceptors (Lipinski definition) is 4. The molecule has 2 aromatic rings. The molecule has 0 heterocycles. The first-order valence-corrected chi connectivity index (χ1v) is 6.77. The van der Waals surface area contributed by atoms with Crippen LogP contribution in [-0.4, -0.2) is 5.91 Å². The Bertz CT molecular complexity index is 607. The first-order chi connectivity index (χ1) is 9.61. The minimum atomic E-state index is -0.552. The van der Waals surface area contributed by atoms with Gasteiger partial charge in [0, 0.05) is 4.90 Å². The molecular formula is C14H14FN3OS. The van der Waals surface area contributed by atoms with Gasteiger partial charge in [0.2, 0.25) is 0 Å². The number of anilines is 1. The van der Waals surface area contributed by atoms with Crippen LogP contribution in [0.5, 0.6) is 0 Å². The lowest BCUT2D eigenvalue weighted by molar-refractivity contribution is -0.120. The molecule has 2 rings (SSSR count). The Morgan fingerprint density at radius 1 is 1.20 bits per heavy atom. The van der Waals surface area contributed by atoms with Crippen LogP contribution < -0.4 is 17.0 Å². The molecule has 0 aliphatic rings. The summed E-state index contributed by atoms with van der Waals surface area (Å²) in [5.41, 5.74) is 8.43. The SMILES string of the molecule is NNC(=O)C(Sc1ccc(N)c(F)c1)c1ccccc1. The number of hydrazine groups is 1. The second-order valence-corrected chi connectivity index (χ2v) is 5.28. The Kier molecular flexibility index (Phi) is 4.60. The van der Waals surface area contributed by atoms with E-state index in [0.717, 1.165) is 5.56 Å². The van der Waals surface area contributed by atoms with Crippen molar-refractivity contribution in [2.45, 2.75) is 10.1 Å². The number of rotatable bonds is 4. The van der Waals surface area contributed by atoms with E-state index >= 15 is 0 Å². The van der Waals surface area contributed by atoms with Gasteiger partial charge in [-0.2, -0.15) is 0 Å². The summed E-state index contributed by atoms with van der Waals surface area (Å²) >= 11 is 1.21. The highest BCUT2D eigenvalue weighted by Crippen LogP contribution is 2.36. The smallest absolute Gasteiger partial charge is 0.251 e. The zero-order chi connectivity index (χ0) is 14.5. The Morgan fingerprint density at radius 3 is 2.50 bits per heavy atom. The molecule has 1 atom stereocenters. The lowest BCUT2D eigenvalue weighted by atomic mass is 10.1. The zero-order valence-corrected chi connectivity index (χ0v) is 11.4. The van der Waals surface area contributed by atoms with Crippen molar-refractivity contribution in [3.05, 3.63) is 59.9 Å². The molecule has 0 bridgehead atoms. The van der Waals surface area contributed by atoms with E-state index < -0.39 is 11.1 Å². The largest absolute Gasteiger partial charge is 0.396 e. The number of hydrogen-bond donors (Lipinski definition) is 3. The van der Waals surface area contributed by atoms with E-state index in [1.54, 1.807) is 6.07 Å². The number of nitrogen functional groups attached to an aromatic ring is 1. The number of benzene rings is 2. The van der Waals surface area contributed by atoms with Crippen LogP contribution in [-0.2, 0) is 4.79 Å². The highest BCUT2D eigenvalue weighted by Gasteiger charge is 2.21. The molecule has 0 aliphatic heterocycles. The molecule has 0 fully saturated rings. The van der Waals surface area contributed by atoms with Gasteiger partial charge in [0.1, 0.15) is 11.1 Å². The van der Waals surface area contributed by atoms with Crippen molar-refractivity contribution in [3.63, 3.8) is 0 Å². The van der Waals surface area contributed by atoms with Gasteiger partial charge in [0.15, 0.2) is 0 Å². The minimum absolute atomic E-state index is 0.0777. The van der Waals surface area contributed by atoms with Crippen molar-refractivity contribution in [3.8, 4) is 0 Å². The van der Waals surface area contributed by atoms with Gasteiger partial charge in [0.05, 0.1) is 5.69 Å². The summed E-state index contributed by atoms with van der Waals surface area (Å²) in [7, 11) is 0. The first kappa shape index (κ1) is 14.4. The average Bonchev–Trinajstić information content (AvgIpc) is 2.48. The van der Waals surface area contributed by atoms with E-state index in [2.05, 4.69) is 5.43 Å². The normalized spacial score (nSPS) is 11.9. The Hall–Kier alpha value is -2.05. The highest BCUT2D eigenvalue weighted by atomic mass is 32.2. The van der Waals surface area contributed by atoms with Gasteiger partial charge in [-0.25, -0.2) is 10.2 Å². The summed E-state index contributed by atoms with van der Waals surface area (Å²) in [4.78, 5) is 12.5. The Morgan fingerprint density at radius 2 is 1.90 bits per heavy atom. The second-order valence-electron chi connectivity index (χ2n) is 4.10. The van der Waals surface area contributed by atoms with Crippen LogP contribution in [0.1, 0.15) is 10.8 Å². The Labute approximate surface area is 120 Å². The van der Waals surface area contributed by atoms with Gasteiger partial charge in [0.25, 0.3) is 5.91 Å². The van der Waals surface area contributed by atoms with Crippen LogP contribution in [0.2, 0.25) is 0 Å². The summed E-state index contributed by atoms with van der Waals surface area (Å²) in [5, 5.41) is -0.552. The number of carbonyl (C=O) groups excluding carboxylic acids is 1. The first-order valence-electron chi connectivity index (χ1n) is 5.89. The van der Waals surface area contributed by atoms with Crippen molar-refractivity contribution >= 4 is 23.4 Å². The molecule has 0 saturated heterocycles. The van der Waals surface area contributed by atoms with Gasteiger partial charge in [-0.1, -0.05) is 30.3 Å². The third kappa shape index (κ3) is 3.28. The molecule has 0 saturated carbocycles. The van der Waals surface area contributed by atoms with Crippen molar-refractivity contribution in [1.82, 2.24) is 5.43 Å². The third-order valence-electron chi connectivity index (χ3n) is 2.71. The number of nitrogens with two attached hydrogens (primary N) is 2. The van der Waals surface area contributed by atoms with Crippen molar-refractivity contribution in [1.29, 1.82) is 0 Å². The molecule has 1 amide bonds. The van der Waals surface area contributed by atoms with E-state index in [0.29, 0.717) is 4.90 Å². The van der Waals surface area contributed by atoms with Crippen LogP contribution in [0.4, 0.5) is 10.1 Å². The molecule has 5 N–H and O–H groups in total. The monoisotopic (exact) mass is 291 g/mol. The maximum Gasteiger partial charge on any atom is 0.251 e. The van der Waals surface area contributed by atoms with Gasteiger partial charge < -0.3 is 5.73 Å². The van der Waals surface area contributed by atoms with Gasteiger partial charge in [-0.05, 0) is 23.8 Å². The van der Waals surface area contributed by atoms with Crippen LogP contribution >= 0.6 is 11.8 Å². The van der Waals surface area contributed by atoms with Gasteiger partial charge in [-0.15, -0.1) is 11.8 Å². The molecule has 104 valence electrons. The van der Waals surface area contributed by atoms with E-state index in [-0.39, 0.29) is 11.6 Å². The fourth-order valence-electron chi connectivity index (χ4n) is 1.69. The average molecular weight is 291 g/mol. The Balaban J connectivity index is 2.28. The van der Waals surface area contributed by atoms with Crippen LogP contribution in [0.3, 0.4) is 0 Å². The molecule has 0 aromatic heterocycles. The van der Waals surface area contributed by atoms with E-state index in [1.807, 2.05) is 30.3 Å². The molecule has 0 radical (unpaired) electrons. The minimum Gasteiger partial charge on any atom is -0.396 e. The molecule has 20 heavy (non-hydrogen) atoms. The standard InChI is InChI=1S/C14H14FN3OS/c15-11-8-10(6-7-12(11)16)20-13(14(19)18-17)9-4-2-1-3-5-9/h1-8,13H,16-17H2,(H,18,19). The third-order valence-corrected chi connectivity index (χ3v) is 3.96.